The Labute approximate surface area is 150 Å². The summed E-state index contributed by atoms with van der Waals surface area (Å²) in [6, 6.07) is 14.0. The van der Waals surface area contributed by atoms with Gasteiger partial charge in [0.15, 0.2) is 0 Å². The van der Waals surface area contributed by atoms with Crippen LogP contribution in [0, 0.1) is 0 Å². The highest BCUT2D eigenvalue weighted by Gasteiger charge is 2.19. The van der Waals surface area contributed by atoms with Crippen molar-refractivity contribution in [1.29, 1.82) is 0 Å². The number of aromatic nitrogens is 4. The summed E-state index contributed by atoms with van der Waals surface area (Å²) < 4.78 is 2.01. The molecule has 1 aromatic carbocycles. The van der Waals surface area contributed by atoms with Crippen LogP contribution in [0.15, 0.2) is 67.3 Å². The summed E-state index contributed by atoms with van der Waals surface area (Å²) >= 11 is 6.15. The van der Waals surface area contributed by atoms with E-state index in [1.165, 1.54) is 0 Å². The summed E-state index contributed by atoms with van der Waals surface area (Å²) in [7, 11) is 0. The van der Waals surface area contributed by atoms with Crippen LogP contribution in [0.3, 0.4) is 0 Å². The molecule has 124 valence electrons. The van der Waals surface area contributed by atoms with E-state index in [0.29, 0.717) is 17.3 Å². The van der Waals surface area contributed by atoms with Gasteiger partial charge in [-0.05, 0) is 17.7 Å². The van der Waals surface area contributed by atoms with Crippen LogP contribution in [0.5, 0.6) is 0 Å². The third kappa shape index (κ3) is 3.19. The fraction of sp³-hybridized carbons (Fsp3) is 0.105. The van der Waals surface area contributed by atoms with E-state index in [9.17, 15) is 0 Å². The average molecular weight is 350 g/mol. The van der Waals surface area contributed by atoms with Crippen molar-refractivity contribution in [2.45, 2.75) is 12.3 Å². The summed E-state index contributed by atoms with van der Waals surface area (Å²) in [5.74, 6) is 0.440. The highest BCUT2D eigenvalue weighted by molar-refractivity contribution is 6.30. The number of benzene rings is 1. The second-order valence-electron chi connectivity index (χ2n) is 5.86. The van der Waals surface area contributed by atoms with E-state index in [1.807, 2.05) is 47.1 Å². The molecule has 4 rings (SSSR count). The van der Waals surface area contributed by atoms with Crippen molar-refractivity contribution in [2.75, 3.05) is 5.73 Å². The van der Waals surface area contributed by atoms with Crippen LogP contribution in [-0.4, -0.2) is 19.4 Å². The Hall–Kier alpha value is -2.92. The van der Waals surface area contributed by atoms with Crippen molar-refractivity contribution in [3.05, 3.63) is 89.2 Å². The highest BCUT2D eigenvalue weighted by atomic mass is 35.5. The molecular formula is C19H16ClN5. The van der Waals surface area contributed by atoms with E-state index in [2.05, 4.69) is 27.1 Å². The lowest BCUT2D eigenvalue weighted by atomic mass is 9.91. The van der Waals surface area contributed by atoms with E-state index < -0.39 is 0 Å². The molecule has 0 aliphatic heterocycles. The molecular weight excluding hydrogens is 334 g/mol. The lowest BCUT2D eigenvalue weighted by Gasteiger charge is -2.17. The van der Waals surface area contributed by atoms with Gasteiger partial charge in [-0.2, -0.15) is 0 Å². The molecule has 0 saturated heterocycles. The number of nitrogens with zero attached hydrogens (tertiary/aromatic N) is 4. The maximum Gasteiger partial charge on any atom is 0.142 e. The number of halogens is 1. The molecule has 1 unspecified atom stereocenters. The van der Waals surface area contributed by atoms with Gasteiger partial charge in [0, 0.05) is 36.6 Å². The molecule has 2 N–H and O–H groups in total. The number of hydrogen-bond acceptors (Lipinski definition) is 4. The van der Waals surface area contributed by atoms with Crippen LogP contribution in [0.1, 0.15) is 22.9 Å². The third-order valence-corrected chi connectivity index (χ3v) is 4.41. The van der Waals surface area contributed by atoms with E-state index >= 15 is 0 Å². The molecule has 6 heteroatoms. The molecule has 0 aliphatic carbocycles. The fourth-order valence-electron chi connectivity index (χ4n) is 3.01. The van der Waals surface area contributed by atoms with Gasteiger partial charge in [-0.3, -0.25) is 4.98 Å². The molecule has 3 heterocycles. The zero-order chi connectivity index (χ0) is 17.2. The third-order valence-electron chi connectivity index (χ3n) is 4.19. The van der Waals surface area contributed by atoms with Gasteiger partial charge in [-0.25, -0.2) is 9.97 Å². The van der Waals surface area contributed by atoms with Crippen LogP contribution in [0.25, 0.3) is 5.65 Å². The predicted molar refractivity (Wildman–Crippen MR) is 98.6 cm³/mol. The number of nitrogen functional groups attached to an aromatic ring is 1. The number of anilines is 1. The number of fused-ring (bicyclic) bond motifs is 1. The molecule has 4 aromatic rings. The van der Waals surface area contributed by atoms with Crippen molar-refractivity contribution < 1.29 is 0 Å². The number of rotatable bonds is 4. The first kappa shape index (κ1) is 15.6. The van der Waals surface area contributed by atoms with Gasteiger partial charge in [0.2, 0.25) is 0 Å². The van der Waals surface area contributed by atoms with Gasteiger partial charge in [0.1, 0.15) is 11.5 Å². The second kappa shape index (κ2) is 6.53. The van der Waals surface area contributed by atoms with Gasteiger partial charge in [0.25, 0.3) is 0 Å². The molecule has 0 amide bonds. The Kier molecular flexibility index (Phi) is 4.07. The highest BCUT2D eigenvalue weighted by Crippen LogP contribution is 2.28. The first-order chi connectivity index (χ1) is 12.2. The van der Waals surface area contributed by atoms with Crippen LogP contribution >= 0.6 is 11.6 Å². The Bertz CT molecular complexity index is 1010. The number of imidazole rings is 1. The van der Waals surface area contributed by atoms with Crippen LogP contribution in [-0.2, 0) is 6.42 Å². The largest absolute Gasteiger partial charge is 0.382 e. The summed E-state index contributed by atoms with van der Waals surface area (Å²) in [6.07, 6.45) is 7.79. The van der Waals surface area contributed by atoms with Gasteiger partial charge in [0.05, 0.1) is 16.9 Å². The summed E-state index contributed by atoms with van der Waals surface area (Å²) in [5.41, 5.74) is 9.76. The SMILES string of the molecule is Nc1cncc(C(Cc2cnc3ccc(Cl)cn23)c2ccccc2)n1. The van der Waals surface area contributed by atoms with Crippen LogP contribution in [0.4, 0.5) is 5.82 Å². The van der Waals surface area contributed by atoms with E-state index in [4.69, 9.17) is 17.3 Å². The Morgan fingerprint density at radius 2 is 1.88 bits per heavy atom. The molecule has 0 bridgehead atoms. The van der Waals surface area contributed by atoms with Crippen molar-refractivity contribution in [3.63, 3.8) is 0 Å². The minimum Gasteiger partial charge on any atom is -0.382 e. The molecule has 0 aliphatic rings. The number of pyridine rings is 1. The van der Waals surface area contributed by atoms with Crippen molar-refractivity contribution in [3.8, 4) is 0 Å². The van der Waals surface area contributed by atoms with Gasteiger partial charge >= 0.3 is 0 Å². The van der Waals surface area contributed by atoms with E-state index in [0.717, 1.165) is 22.6 Å². The topological polar surface area (TPSA) is 69.1 Å². The zero-order valence-electron chi connectivity index (χ0n) is 13.4. The fourth-order valence-corrected chi connectivity index (χ4v) is 3.17. The number of hydrogen-bond donors (Lipinski definition) is 1. The zero-order valence-corrected chi connectivity index (χ0v) is 14.1. The Balaban J connectivity index is 1.79. The first-order valence-corrected chi connectivity index (χ1v) is 8.32. The molecule has 0 spiro atoms. The first-order valence-electron chi connectivity index (χ1n) is 7.94. The summed E-state index contributed by atoms with van der Waals surface area (Å²) in [6.45, 7) is 0. The van der Waals surface area contributed by atoms with Gasteiger partial charge in [-0.1, -0.05) is 41.9 Å². The lowest BCUT2D eigenvalue weighted by molar-refractivity contribution is 0.745. The smallest absolute Gasteiger partial charge is 0.142 e. The maximum atomic E-state index is 6.15. The molecule has 25 heavy (non-hydrogen) atoms. The maximum absolute atomic E-state index is 6.15. The minimum atomic E-state index is 0.0241. The standard InChI is InChI=1S/C19H16ClN5/c20-14-6-7-19-23-9-15(25(19)12-14)8-16(13-4-2-1-3-5-13)17-10-22-11-18(21)24-17/h1-7,9-12,16H,8H2,(H2,21,24). The van der Waals surface area contributed by atoms with Gasteiger partial charge in [-0.15, -0.1) is 0 Å². The average Bonchev–Trinajstić information content (AvgIpc) is 3.02. The lowest BCUT2D eigenvalue weighted by Crippen LogP contribution is -2.10. The van der Waals surface area contributed by atoms with E-state index in [-0.39, 0.29) is 5.92 Å². The van der Waals surface area contributed by atoms with Crippen LogP contribution < -0.4 is 5.73 Å². The minimum absolute atomic E-state index is 0.0241. The molecule has 1 atom stereocenters. The predicted octanol–water partition coefficient (Wildman–Crippen LogP) is 3.73. The molecule has 5 nitrogen and oxygen atoms in total. The summed E-state index contributed by atoms with van der Waals surface area (Å²) in [5, 5.41) is 0.673. The van der Waals surface area contributed by atoms with Gasteiger partial charge < -0.3 is 10.1 Å². The molecule has 0 fully saturated rings. The Morgan fingerprint density at radius 1 is 1.04 bits per heavy atom. The quantitative estimate of drug-likeness (QED) is 0.609. The molecule has 0 radical (unpaired) electrons. The van der Waals surface area contributed by atoms with Crippen molar-refractivity contribution >= 4 is 23.1 Å². The van der Waals surface area contributed by atoms with E-state index in [1.54, 1.807) is 12.4 Å². The second-order valence-corrected chi connectivity index (χ2v) is 6.30. The Morgan fingerprint density at radius 3 is 2.68 bits per heavy atom. The summed E-state index contributed by atoms with van der Waals surface area (Å²) in [4.78, 5) is 13.2. The molecule has 3 aromatic heterocycles. The monoisotopic (exact) mass is 349 g/mol. The number of nitrogens with two attached hydrogens (primary N) is 1. The van der Waals surface area contributed by atoms with Crippen LogP contribution in [0.2, 0.25) is 5.02 Å². The molecule has 0 saturated carbocycles. The van der Waals surface area contributed by atoms with Crippen molar-refractivity contribution in [1.82, 2.24) is 19.4 Å². The van der Waals surface area contributed by atoms with Crippen molar-refractivity contribution in [2.24, 2.45) is 0 Å². The normalized spacial score (nSPS) is 12.4.